The maximum Gasteiger partial charge on any atom is 0.250 e. The molecule has 1 spiro atoms. The molecule has 4 nitrogen and oxygen atoms in total. The summed E-state index contributed by atoms with van der Waals surface area (Å²) in [4.78, 5) is 13.1. The summed E-state index contributed by atoms with van der Waals surface area (Å²) in [6.45, 7) is 1.65. The third kappa shape index (κ3) is 2.46. The van der Waals surface area contributed by atoms with E-state index in [4.69, 9.17) is 23.2 Å². The molecule has 0 aromatic heterocycles. The molecule has 0 radical (unpaired) electrons. The van der Waals surface area contributed by atoms with Crippen molar-refractivity contribution in [3.63, 3.8) is 0 Å². The van der Waals surface area contributed by atoms with E-state index in [1.165, 1.54) is 6.07 Å². The van der Waals surface area contributed by atoms with Crippen molar-refractivity contribution < 1.29 is 14.3 Å². The van der Waals surface area contributed by atoms with Gasteiger partial charge in [-0.15, -0.1) is 0 Å². The Morgan fingerprint density at radius 2 is 2.08 bits per heavy atom. The average Bonchev–Trinajstić information content (AvgIpc) is 3.10. The molecule has 2 heterocycles. The second-order valence-electron chi connectivity index (χ2n) is 6.87. The van der Waals surface area contributed by atoms with Gasteiger partial charge < -0.3 is 10.4 Å². The minimum Gasteiger partial charge on any atom is -0.392 e. The van der Waals surface area contributed by atoms with Gasteiger partial charge in [-0.1, -0.05) is 41.4 Å². The molecule has 0 bridgehead atoms. The van der Waals surface area contributed by atoms with Crippen LogP contribution in [-0.4, -0.2) is 23.2 Å². The van der Waals surface area contributed by atoms with Crippen LogP contribution in [0.3, 0.4) is 0 Å². The number of carbonyl (C=O) groups is 1. The van der Waals surface area contributed by atoms with Gasteiger partial charge in [-0.25, -0.2) is 4.39 Å². The van der Waals surface area contributed by atoms with E-state index in [1.54, 1.807) is 37.3 Å². The van der Waals surface area contributed by atoms with Crippen LogP contribution in [0.4, 0.5) is 10.1 Å². The molecule has 0 aliphatic carbocycles. The predicted molar refractivity (Wildman–Crippen MR) is 99.1 cm³/mol. The number of nitrogens with one attached hydrogen (secondary N) is 2. The Morgan fingerprint density at radius 3 is 2.81 bits per heavy atom. The molecule has 2 aromatic carbocycles. The van der Waals surface area contributed by atoms with Crippen LogP contribution in [0.2, 0.25) is 10.0 Å². The van der Waals surface area contributed by atoms with E-state index in [0.29, 0.717) is 28.3 Å². The number of hydrogen-bond donors (Lipinski definition) is 3. The molecule has 0 saturated carbocycles. The summed E-state index contributed by atoms with van der Waals surface area (Å²) in [5, 5.41) is 16.7. The van der Waals surface area contributed by atoms with Crippen LogP contribution in [0, 0.1) is 5.82 Å². The smallest absolute Gasteiger partial charge is 0.250 e. The van der Waals surface area contributed by atoms with Gasteiger partial charge in [0.05, 0.1) is 11.1 Å². The first-order chi connectivity index (χ1) is 12.3. The molecule has 1 fully saturated rings. The summed E-state index contributed by atoms with van der Waals surface area (Å²) >= 11 is 12.0. The van der Waals surface area contributed by atoms with Crippen molar-refractivity contribution in [2.45, 2.75) is 36.9 Å². The maximum absolute atomic E-state index is 14.8. The topological polar surface area (TPSA) is 61.4 Å². The first kappa shape index (κ1) is 17.7. The Hall–Kier alpha value is -1.66. The molecule has 136 valence electrons. The molecule has 26 heavy (non-hydrogen) atoms. The highest BCUT2D eigenvalue weighted by molar-refractivity contribution is 6.31. The van der Waals surface area contributed by atoms with Crippen molar-refractivity contribution in [1.82, 2.24) is 5.32 Å². The zero-order valence-electron chi connectivity index (χ0n) is 13.9. The second-order valence-corrected chi connectivity index (χ2v) is 7.72. The molecule has 2 aliphatic heterocycles. The Bertz CT molecular complexity index is 905. The Kier molecular flexibility index (Phi) is 4.23. The van der Waals surface area contributed by atoms with Crippen LogP contribution >= 0.6 is 23.2 Å². The highest BCUT2D eigenvalue weighted by Gasteiger charge is 2.59. The molecule has 1 saturated heterocycles. The summed E-state index contributed by atoms with van der Waals surface area (Å²) in [5.41, 5.74) is 0.451. The van der Waals surface area contributed by atoms with E-state index < -0.39 is 23.4 Å². The predicted octanol–water partition coefficient (Wildman–Crippen LogP) is 3.81. The van der Waals surface area contributed by atoms with Gasteiger partial charge in [0.25, 0.3) is 0 Å². The molecule has 4 atom stereocenters. The zero-order chi connectivity index (χ0) is 18.6. The van der Waals surface area contributed by atoms with Crippen LogP contribution in [0.1, 0.15) is 30.4 Å². The van der Waals surface area contributed by atoms with Crippen molar-refractivity contribution in [2.24, 2.45) is 0 Å². The van der Waals surface area contributed by atoms with Gasteiger partial charge in [0.1, 0.15) is 11.4 Å². The standard InChI is InChI=1S/C19H17Cl2FN2O2/c1-9(25)15-8-13(11-3-2-4-14(21)17(11)22)19(24-15)12-6-5-10(20)7-16(12)23-18(19)26/h2-7,9,13,15,24-25H,8H2,1H3,(H,23,26)/t9-,13-,15?,19-/m1/s1. The molecule has 3 N–H and O–H groups in total. The first-order valence-electron chi connectivity index (χ1n) is 8.35. The highest BCUT2D eigenvalue weighted by Crippen LogP contribution is 2.52. The Labute approximate surface area is 160 Å². The third-order valence-corrected chi connectivity index (χ3v) is 5.90. The van der Waals surface area contributed by atoms with Crippen molar-refractivity contribution >= 4 is 34.8 Å². The number of rotatable bonds is 2. The molecular weight excluding hydrogens is 378 g/mol. The molecule has 1 unspecified atom stereocenters. The van der Waals surface area contributed by atoms with Gasteiger partial charge in [-0.3, -0.25) is 10.1 Å². The minimum atomic E-state index is -1.19. The van der Waals surface area contributed by atoms with Gasteiger partial charge >= 0.3 is 0 Å². The van der Waals surface area contributed by atoms with Gasteiger partial charge in [-0.05, 0) is 37.1 Å². The second kappa shape index (κ2) is 6.20. The van der Waals surface area contributed by atoms with Crippen LogP contribution < -0.4 is 10.6 Å². The average molecular weight is 395 g/mol. The number of amides is 1. The number of aliphatic hydroxyl groups is 1. The number of hydrogen-bond acceptors (Lipinski definition) is 3. The monoisotopic (exact) mass is 394 g/mol. The van der Waals surface area contributed by atoms with Crippen molar-refractivity contribution in [3.05, 3.63) is 63.4 Å². The van der Waals surface area contributed by atoms with Gasteiger partial charge in [-0.2, -0.15) is 0 Å². The number of anilines is 1. The first-order valence-corrected chi connectivity index (χ1v) is 9.11. The van der Waals surface area contributed by atoms with E-state index in [9.17, 15) is 14.3 Å². The lowest BCUT2D eigenvalue weighted by atomic mass is 9.76. The Balaban J connectivity index is 1.93. The van der Waals surface area contributed by atoms with E-state index >= 15 is 0 Å². The fourth-order valence-corrected chi connectivity index (χ4v) is 4.50. The lowest BCUT2D eigenvalue weighted by Crippen LogP contribution is -2.50. The number of carbonyl (C=O) groups excluding carboxylic acids is 1. The van der Waals surface area contributed by atoms with E-state index in [2.05, 4.69) is 10.6 Å². The van der Waals surface area contributed by atoms with Gasteiger partial charge in [0.15, 0.2) is 0 Å². The van der Waals surface area contributed by atoms with Crippen LogP contribution in [0.5, 0.6) is 0 Å². The van der Waals surface area contributed by atoms with Crippen LogP contribution in [-0.2, 0) is 10.3 Å². The summed E-state index contributed by atoms with van der Waals surface area (Å²) in [7, 11) is 0. The largest absolute Gasteiger partial charge is 0.392 e. The lowest BCUT2D eigenvalue weighted by Gasteiger charge is -2.31. The number of halogens is 3. The van der Waals surface area contributed by atoms with Crippen molar-refractivity contribution in [1.29, 1.82) is 0 Å². The van der Waals surface area contributed by atoms with Gasteiger partial charge in [0.2, 0.25) is 5.91 Å². The molecular formula is C19H17Cl2FN2O2. The summed E-state index contributed by atoms with van der Waals surface area (Å²) in [6.07, 6.45) is -0.312. The molecule has 7 heteroatoms. The summed E-state index contributed by atoms with van der Waals surface area (Å²) < 4.78 is 14.8. The summed E-state index contributed by atoms with van der Waals surface area (Å²) in [6, 6.07) is 9.55. The zero-order valence-corrected chi connectivity index (χ0v) is 15.4. The quantitative estimate of drug-likeness (QED) is 0.725. The fraction of sp³-hybridized carbons (Fsp3) is 0.316. The van der Waals surface area contributed by atoms with Gasteiger partial charge in [0, 0.05) is 28.2 Å². The van der Waals surface area contributed by atoms with E-state index in [1.807, 2.05) is 0 Å². The summed E-state index contributed by atoms with van der Waals surface area (Å²) in [5.74, 6) is -1.35. The van der Waals surface area contributed by atoms with E-state index in [-0.39, 0.29) is 17.0 Å². The minimum absolute atomic E-state index is 0.00730. The SMILES string of the molecule is C[C@@H](O)C1C[C@H](c2cccc(Cl)c2F)[C@@]2(N1)C(=O)Nc1cc(Cl)ccc12. The normalized spacial score (nSPS) is 28.3. The Morgan fingerprint density at radius 1 is 1.31 bits per heavy atom. The number of benzene rings is 2. The van der Waals surface area contributed by atoms with E-state index in [0.717, 1.165) is 0 Å². The molecule has 4 rings (SSSR count). The third-order valence-electron chi connectivity index (χ3n) is 5.38. The fourth-order valence-electron chi connectivity index (χ4n) is 4.15. The van der Waals surface area contributed by atoms with Crippen LogP contribution in [0.25, 0.3) is 0 Å². The maximum atomic E-state index is 14.8. The highest BCUT2D eigenvalue weighted by atomic mass is 35.5. The number of fused-ring (bicyclic) bond motifs is 2. The lowest BCUT2D eigenvalue weighted by molar-refractivity contribution is -0.122. The van der Waals surface area contributed by atoms with Crippen molar-refractivity contribution in [3.8, 4) is 0 Å². The molecule has 2 aliphatic rings. The van der Waals surface area contributed by atoms with Crippen molar-refractivity contribution in [2.75, 3.05) is 5.32 Å². The molecule has 1 amide bonds. The van der Waals surface area contributed by atoms with Crippen LogP contribution in [0.15, 0.2) is 36.4 Å². The number of aliphatic hydroxyl groups excluding tert-OH is 1. The molecule has 2 aromatic rings.